The summed E-state index contributed by atoms with van der Waals surface area (Å²) in [6, 6.07) is 4.18. The third kappa shape index (κ3) is 2.91. The first-order chi connectivity index (χ1) is 9.70. The van der Waals surface area contributed by atoms with Crippen molar-refractivity contribution in [3.05, 3.63) is 51.8 Å². The quantitative estimate of drug-likeness (QED) is 0.523. The van der Waals surface area contributed by atoms with Crippen LogP contribution >= 0.6 is 0 Å². The highest BCUT2D eigenvalue weighted by molar-refractivity contribution is 5.71. The van der Waals surface area contributed by atoms with Gasteiger partial charge < -0.3 is 5.73 Å². The van der Waals surface area contributed by atoms with Gasteiger partial charge >= 0.3 is 6.18 Å². The number of nitrogens with two attached hydrogens (primary N) is 1. The molecule has 0 fully saturated rings. The third-order valence-electron chi connectivity index (χ3n) is 2.64. The molecule has 9 heteroatoms. The zero-order valence-corrected chi connectivity index (χ0v) is 10.2. The number of pyridine rings is 1. The molecule has 0 aliphatic heterocycles. The van der Waals surface area contributed by atoms with Gasteiger partial charge in [0, 0.05) is 11.6 Å². The van der Waals surface area contributed by atoms with E-state index in [0.29, 0.717) is 12.1 Å². The van der Waals surface area contributed by atoms with E-state index in [1.807, 2.05) is 0 Å². The largest absolute Gasteiger partial charge is 0.419 e. The molecule has 1 aromatic carbocycles. The minimum atomic E-state index is -4.92. The van der Waals surface area contributed by atoms with Crippen LogP contribution in [0.1, 0.15) is 5.56 Å². The highest BCUT2D eigenvalue weighted by Crippen LogP contribution is 2.36. The molecule has 0 atom stereocenters. The van der Waals surface area contributed by atoms with Crippen molar-refractivity contribution < 1.29 is 22.5 Å². The number of nitro groups is 1. The van der Waals surface area contributed by atoms with Crippen molar-refractivity contribution >= 4 is 11.5 Å². The molecule has 0 bridgehead atoms. The summed E-state index contributed by atoms with van der Waals surface area (Å²) >= 11 is 0. The number of nitrogen functional groups attached to an aromatic ring is 1. The number of anilines is 1. The van der Waals surface area contributed by atoms with Crippen molar-refractivity contribution in [1.82, 2.24) is 4.98 Å². The smallest absolute Gasteiger partial charge is 0.384 e. The van der Waals surface area contributed by atoms with Crippen LogP contribution in [-0.2, 0) is 6.18 Å². The van der Waals surface area contributed by atoms with Gasteiger partial charge in [-0.25, -0.2) is 9.37 Å². The maximum Gasteiger partial charge on any atom is 0.419 e. The zero-order chi connectivity index (χ0) is 15.8. The number of rotatable bonds is 2. The summed E-state index contributed by atoms with van der Waals surface area (Å²) in [6.07, 6.45) is -4.92. The normalized spacial score (nSPS) is 11.4. The number of aromatic nitrogens is 1. The molecule has 0 radical (unpaired) electrons. The van der Waals surface area contributed by atoms with E-state index in [-0.39, 0.29) is 17.1 Å². The molecule has 0 aliphatic rings. The molecule has 110 valence electrons. The van der Waals surface area contributed by atoms with Crippen LogP contribution in [-0.4, -0.2) is 9.91 Å². The zero-order valence-electron chi connectivity index (χ0n) is 10.2. The van der Waals surface area contributed by atoms with Crippen molar-refractivity contribution in [2.24, 2.45) is 0 Å². The molecule has 2 aromatic rings. The molecular weight excluding hydrogens is 294 g/mol. The van der Waals surface area contributed by atoms with E-state index in [4.69, 9.17) is 5.73 Å². The van der Waals surface area contributed by atoms with E-state index < -0.39 is 28.2 Å². The van der Waals surface area contributed by atoms with Crippen molar-refractivity contribution in [2.75, 3.05) is 5.73 Å². The van der Waals surface area contributed by atoms with Crippen LogP contribution in [0.5, 0.6) is 0 Å². The summed E-state index contributed by atoms with van der Waals surface area (Å²) in [6.45, 7) is 0. The van der Waals surface area contributed by atoms with E-state index in [1.165, 1.54) is 0 Å². The number of benzene rings is 1. The Hall–Kier alpha value is -2.71. The first-order valence-corrected chi connectivity index (χ1v) is 5.48. The third-order valence-corrected chi connectivity index (χ3v) is 2.64. The van der Waals surface area contributed by atoms with Gasteiger partial charge in [0.25, 0.3) is 5.69 Å². The fourth-order valence-electron chi connectivity index (χ4n) is 1.72. The summed E-state index contributed by atoms with van der Waals surface area (Å²) in [5, 5.41) is 10.9. The van der Waals surface area contributed by atoms with E-state index in [0.717, 1.165) is 18.2 Å². The first-order valence-electron chi connectivity index (χ1n) is 5.48. The highest BCUT2D eigenvalue weighted by Gasteiger charge is 2.34. The fraction of sp³-hybridized carbons (Fsp3) is 0.0833. The number of alkyl halides is 3. The average Bonchev–Trinajstić information content (AvgIpc) is 2.37. The average molecular weight is 301 g/mol. The van der Waals surface area contributed by atoms with Gasteiger partial charge in [-0.05, 0) is 24.3 Å². The molecule has 2 rings (SSSR count). The van der Waals surface area contributed by atoms with Gasteiger partial charge in [-0.3, -0.25) is 10.1 Å². The lowest BCUT2D eigenvalue weighted by molar-refractivity contribution is -0.384. The predicted octanol–water partition coefficient (Wildman–Crippen LogP) is 3.40. The number of hydrogen-bond donors (Lipinski definition) is 1. The second-order valence-corrected chi connectivity index (χ2v) is 4.05. The molecule has 0 unspecified atom stereocenters. The monoisotopic (exact) mass is 301 g/mol. The lowest BCUT2D eigenvalue weighted by atomic mass is 10.1. The summed E-state index contributed by atoms with van der Waals surface area (Å²) in [5.41, 5.74) is 2.73. The molecule has 1 aromatic heterocycles. The van der Waals surface area contributed by atoms with Gasteiger partial charge in [-0.1, -0.05) is 0 Å². The van der Waals surface area contributed by atoms with Gasteiger partial charge in [0.2, 0.25) is 0 Å². The molecule has 0 aliphatic carbocycles. The second-order valence-electron chi connectivity index (χ2n) is 4.05. The summed E-state index contributed by atoms with van der Waals surface area (Å²) in [7, 11) is 0. The second kappa shape index (κ2) is 5.00. The maximum absolute atomic E-state index is 13.2. The van der Waals surface area contributed by atoms with E-state index in [9.17, 15) is 27.7 Å². The molecule has 5 nitrogen and oxygen atoms in total. The Morgan fingerprint density at radius 3 is 2.43 bits per heavy atom. The number of nitrogens with zero attached hydrogens (tertiary/aromatic N) is 2. The minimum absolute atomic E-state index is 0.103. The molecular formula is C12H7F4N3O2. The molecule has 1 heterocycles. The molecule has 0 saturated carbocycles. The molecule has 0 spiro atoms. The lowest BCUT2D eigenvalue weighted by Crippen LogP contribution is -2.08. The Labute approximate surface area is 115 Å². The van der Waals surface area contributed by atoms with Gasteiger partial charge in [0.15, 0.2) is 5.69 Å². The highest BCUT2D eigenvalue weighted by atomic mass is 19.4. The van der Waals surface area contributed by atoms with Crippen molar-refractivity contribution in [2.45, 2.75) is 6.18 Å². The van der Waals surface area contributed by atoms with Gasteiger partial charge in [-0.2, -0.15) is 13.2 Å². The predicted molar refractivity (Wildman–Crippen MR) is 65.7 cm³/mol. The van der Waals surface area contributed by atoms with Crippen LogP contribution in [0.15, 0.2) is 30.3 Å². The summed E-state index contributed by atoms with van der Waals surface area (Å²) in [4.78, 5) is 13.7. The van der Waals surface area contributed by atoms with Crippen LogP contribution in [0.25, 0.3) is 11.3 Å². The Kier molecular flexibility index (Phi) is 3.50. The van der Waals surface area contributed by atoms with Crippen LogP contribution < -0.4 is 5.73 Å². The van der Waals surface area contributed by atoms with Crippen molar-refractivity contribution in [3.63, 3.8) is 0 Å². The van der Waals surface area contributed by atoms with E-state index >= 15 is 0 Å². The minimum Gasteiger partial charge on any atom is -0.384 e. The number of hydrogen-bond acceptors (Lipinski definition) is 4. The topological polar surface area (TPSA) is 82.0 Å². The Morgan fingerprint density at radius 2 is 1.86 bits per heavy atom. The molecule has 0 amide bonds. The van der Waals surface area contributed by atoms with Crippen LogP contribution in [0.4, 0.5) is 29.1 Å². The Balaban J connectivity index is 2.68. The molecule has 2 N–H and O–H groups in total. The van der Waals surface area contributed by atoms with Crippen LogP contribution in [0.3, 0.4) is 0 Å². The molecule has 0 saturated heterocycles. The number of halogens is 4. The van der Waals surface area contributed by atoms with Gasteiger partial charge in [0.05, 0.1) is 10.5 Å². The van der Waals surface area contributed by atoms with Crippen molar-refractivity contribution in [3.8, 4) is 11.3 Å². The SMILES string of the molecule is Nc1ccc([N+](=O)[O-])c(-c2ccc(F)c(C(F)(F)F)c2)n1. The summed E-state index contributed by atoms with van der Waals surface area (Å²) < 4.78 is 51.2. The van der Waals surface area contributed by atoms with E-state index in [1.54, 1.807) is 0 Å². The molecule has 21 heavy (non-hydrogen) atoms. The fourth-order valence-corrected chi connectivity index (χ4v) is 1.72. The summed E-state index contributed by atoms with van der Waals surface area (Å²) in [5.74, 6) is -1.58. The van der Waals surface area contributed by atoms with Gasteiger partial charge in [-0.15, -0.1) is 0 Å². The van der Waals surface area contributed by atoms with E-state index in [2.05, 4.69) is 4.98 Å². The van der Waals surface area contributed by atoms with Gasteiger partial charge in [0.1, 0.15) is 11.6 Å². The standard InChI is InChI=1S/C12H7F4N3O2/c13-8-2-1-6(5-7(8)12(14,15)16)11-9(19(20)21)3-4-10(17)18-11/h1-5H,(H2,17,18). The first kappa shape index (κ1) is 14.7. The maximum atomic E-state index is 13.2. The Bertz CT molecular complexity index is 716. The van der Waals surface area contributed by atoms with Crippen molar-refractivity contribution in [1.29, 1.82) is 0 Å². The van der Waals surface area contributed by atoms with Crippen LogP contribution in [0.2, 0.25) is 0 Å². The lowest BCUT2D eigenvalue weighted by Gasteiger charge is -2.10. The Morgan fingerprint density at radius 1 is 1.19 bits per heavy atom. The van der Waals surface area contributed by atoms with Crippen LogP contribution in [0, 0.1) is 15.9 Å².